The van der Waals surface area contributed by atoms with Gasteiger partial charge in [-0.25, -0.2) is 12.8 Å². The quantitative estimate of drug-likeness (QED) is 0.595. The normalized spacial score (nSPS) is 21.1. The predicted octanol–water partition coefficient (Wildman–Crippen LogP) is 2.40. The molecule has 1 atom stereocenters. The summed E-state index contributed by atoms with van der Waals surface area (Å²) < 4.78 is 42.9. The maximum atomic E-state index is 14.6. The maximum absolute atomic E-state index is 14.6. The Morgan fingerprint density at radius 2 is 1.71 bits per heavy atom. The number of hydrogen-bond donors (Lipinski definition) is 1. The van der Waals surface area contributed by atoms with Crippen molar-refractivity contribution in [2.45, 2.75) is 56.5 Å². The fourth-order valence-electron chi connectivity index (χ4n) is 5.33. The summed E-state index contributed by atoms with van der Waals surface area (Å²) in [5.41, 5.74) is 2.06. The molecule has 3 aliphatic heterocycles. The maximum Gasteiger partial charge on any atom is 0.255 e. The lowest BCUT2D eigenvalue weighted by Crippen LogP contribution is -2.52. The van der Waals surface area contributed by atoms with Crippen molar-refractivity contribution in [2.24, 2.45) is 0 Å². The van der Waals surface area contributed by atoms with Crippen LogP contribution in [0.15, 0.2) is 41.3 Å². The summed E-state index contributed by atoms with van der Waals surface area (Å²) in [6, 6.07) is 8.73. The van der Waals surface area contributed by atoms with Crippen molar-refractivity contribution in [1.29, 1.82) is 0 Å². The van der Waals surface area contributed by atoms with E-state index >= 15 is 0 Å². The smallest absolute Gasteiger partial charge is 0.255 e. The van der Waals surface area contributed by atoms with Gasteiger partial charge in [-0.1, -0.05) is 32.9 Å². The molecule has 0 aromatic heterocycles. The molecule has 0 saturated carbocycles. The molecule has 11 heteroatoms. The summed E-state index contributed by atoms with van der Waals surface area (Å²) in [5, 5.41) is 2.27. The van der Waals surface area contributed by atoms with E-state index in [9.17, 15) is 27.2 Å². The highest BCUT2D eigenvalue weighted by atomic mass is 32.2. The summed E-state index contributed by atoms with van der Waals surface area (Å²) in [6.45, 7) is 7.26. The van der Waals surface area contributed by atoms with Crippen LogP contribution in [0.2, 0.25) is 0 Å². The molecule has 1 unspecified atom stereocenters. The number of anilines is 1. The Hall–Kier alpha value is -3.31. The fourth-order valence-corrected chi connectivity index (χ4v) is 6.80. The number of benzene rings is 2. The first kappa shape index (κ1) is 26.3. The number of piperazine rings is 1. The van der Waals surface area contributed by atoms with Crippen LogP contribution in [0.5, 0.6) is 0 Å². The van der Waals surface area contributed by atoms with Crippen molar-refractivity contribution in [3.05, 3.63) is 58.9 Å². The average molecular weight is 543 g/mol. The third kappa shape index (κ3) is 4.69. The molecule has 2 saturated heterocycles. The van der Waals surface area contributed by atoms with Crippen LogP contribution in [0.3, 0.4) is 0 Å². The van der Waals surface area contributed by atoms with Crippen molar-refractivity contribution in [1.82, 2.24) is 14.5 Å². The summed E-state index contributed by atoms with van der Waals surface area (Å²) in [6.07, 6.45) is 0.349. The topological polar surface area (TPSA) is 107 Å². The number of halogens is 1. The monoisotopic (exact) mass is 542 g/mol. The molecule has 2 aromatic carbocycles. The molecule has 5 rings (SSSR count). The zero-order valence-corrected chi connectivity index (χ0v) is 22.5. The third-order valence-corrected chi connectivity index (χ3v) is 9.41. The van der Waals surface area contributed by atoms with Gasteiger partial charge in [-0.3, -0.25) is 19.7 Å². The second-order valence-corrected chi connectivity index (χ2v) is 13.0. The summed E-state index contributed by atoms with van der Waals surface area (Å²) in [4.78, 5) is 40.6. The van der Waals surface area contributed by atoms with E-state index < -0.39 is 33.7 Å². The van der Waals surface area contributed by atoms with E-state index in [0.29, 0.717) is 24.3 Å². The second kappa shape index (κ2) is 9.46. The van der Waals surface area contributed by atoms with Gasteiger partial charge >= 0.3 is 0 Å². The molecule has 202 valence electrons. The summed E-state index contributed by atoms with van der Waals surface area (Å²) in [5.74, 6) is -1.93. The van der Waals surface area contributed by atoms with Gasteiger partial charge < -0.3 is 9.80 Å². The first-order valence-electron chi connectivity index (χ1n) is 12.7. The van der Waals surface area contributed by atoms with E-state index in [1.165, 1.54) is 21.3 Å². The van der Waals surface area contributed by atoms with Crippen LogP contribution < -0.4 is 10.2 Å². The molecule has 0 spiro atoms. The van der Waals surface area contributed by atoms with E-state index in [4.69, 9.17) is 0 Å². The summed E-state index contributed by atoms with van der Waals surface area (Å²) in [7, 11) is -3.71. The van der Waals surface area contributed by atoms with Crippen LogP contribution in [-0.4, -0.2) is 67.6 Å². The van der Waals surface area contributed by atoms with Gasteiger partial charge in [-0.15, -0.1) is 0 Å². The van der Waals surface area contributed by atoms with Crippen LogP contribution in [-0.2, 0) is 31.6 Å². The van der Waals surface area contributed by atoms with Crippen LogP contribution in [0, 0.1) is 5.82 Å². The van der Waals surface area contributed by atoms with E-state index in [1.54, 1.807) is 18.2 Å². The van der Waals surface area contributed by atoms with Crippen molar-refractivity contribution in [2.75, 3.05) is 31.1 Å². The highest BCUT2D eigenvalue weighted by Gasteiger charge is 2.41. The number of imide groups is 1. The van der Waals surface area contributed by atoms with Gasteiger partial charge in [0.1, 0.15) is 11.9 Å². The molecular formula is C27H31FN4O5S. The number of sulfonamides is 1. The lowest BCUT2D eigenvalue weighted by molar-refractivity contribution is -0.136. The first-order chi connectivity index (χ1) is 17.9. The molecule has 3 aliphatic rings. The number of carbonyl (C=O) groups is 3. The van der Waals surface area contributed by atoms with Crippen LogP contribution in [0.4, 0.5) is 10.1 Å². The molecule has 0 bridgehead atoms. The highest BCUT2D eigenvalue weighted by molar-refractivity contribution is 7.89. The summed E-state index contributed by atoms with van der Waals surface area (Å²) >= 11 is 0. The van der Waals surface area contributed by atoms with Gasteiger partial charge in [-0.2, -0.15) is 4.31 Å². The fraction of sp³-hybridized carbons (Fsp3) is 0.444. The molecule has 0 aliphatic carbocycles. The number of fused-ring (bicyclic) bond motifs is 1. The van der Waals surface area contributed by atoms with Gasteiger partial charge in [0.25, 0.3) is 5.91 Å². The number of nitrogens with one attached hydrogen (secondary N) is 1. The number of piperidine rings is 1. The largest absolute Gasteiger partial charge is 0.369 e. The predicted molar refractivity (Wildman–Crippen MR) is 139 cm³/mol. The minimum absolute atomic E-state index is 0.119. The highest BCUT2D eigenvalue weighted by Crippen LogP contribution is 2.36. The molecular weight excluding hydrogens is 511 g/mol. The van der Waals surface area contributed by atoms with E-state index in [2.05, 4.69) is 5.32 Å². The van der Waals surface area contributed by atoms with Crippen LogP contribution in [0.25, 0.3) is 0 Å². The van der Waals surface area contributed by atoms with Gasteiger partial charge in [0.15, 0.2) is 0 Å². The second-order valence-electron chi connectivity index (χ2n) is 11.0. The molecule has 1 N–H and O–H groups in total. The Balaban J connectivity index is 1.35. The molecule has 3 heterocycles. The van der Waals surface area contributed by atoms with E-state index in [-0.39, 0.29) is 54.3 Å². The molecule has 2 aromatic rings. The molecule has 3 amide bonds. The SMILES string of the molecule is CC(C)(C)c1cccc(S(=O)(=O)N2CCN(c3cc(F)cc4c3CN(C3CCC(=O)NC3=O)C4=O)CC2)c1. The van der Waals surface area contributed by atoms with E-state index in [1.807, 2.05) is 31.7 Å². The van der Waals surface area contributed by atoms with Gasteiger partial charge in [-0.05, 0) is 41.7 Å². The zero-order valence-electron chi connectivity index (χ0n) is 21.7. The van der Waals surface area contributed by atoms with Gasteiger partial charge in [0, 0.05) is 56.0 Å². The van der Waals surface area contributed by atoms with Gasteiger partial charge in [0.05, 0.1) is 4.90 Å². The van der Waals surface area contributed by atoms with Crippen molar-refractivity contribution >= 4 is 33.4 Å². The Kier molecular flexibility index (Phi) is 6.55. The Morgan fingerprint density at radius 1 is 1.00 bits per heavy atom. The minimum atomic E-state index is -3.71. The van der Waals surface area contributed by atoms with Gasteiger partial charge in [0.2, 0.25) is 21.8 Å². The Bertz CT molecular complexity index is 1430. The average Bonchev–Trinajstić information content (AvgIpc) is 3.19. The minimum Gasteiger partial charge on any atom is -0.369 e. The number of carbonyl (C=O) groups excluding carboxylic acids is 3. The van der Waals surface area contributed by atoms with Crippen molar-refractivity contribution in [3.63, 3.8) is 0 Å². The zero-order chi connectivity index (χ0) is 27.4. The van der Waals surface area contributed by atoms with Crippen LogP contribution in [0.1, 0.15) is 55.1 Å². The number of hydrogen-bond acceptors (Lipinski definition) is 6. The first-order valence-corrected chi connectivity index (χ1v) is 14.1. The number of amides is 3. The standard InChI is InChI=1S/C27H31FN4O5S/c1-27(2,3)17-5-4-6-19(13-17)38(36,37)31-11-9-30(10-12-31)23-15-18(28)14-20-21(23)16-32(26(20)35)22-7-8-24(33)29-25(22)34/h4-6,13-15,22H,7-12,16H2,1-3H3,(H,29,33,34). The molecule has 9 nitrogen and oxygen atoms in total. The third-order valence-electron chi connectivity index (χ3n) is 7.51. The van der Waals surface area contributed by atoms with Crippen LogP contribution >= 0.6 is 0 Å². The lowest BCUT2D eigenvalue weighted by atomic mass is 9.87. The number of nitrogens with zero attached hydrogens (tertiary/aromatic N) is 3. The van der Waals surface area contributed by atoms with Crippen molar-refractivity contribution in [3.8, 4) is 0 Å². The molecule has 38 heavy (non-hydrogen) atoms. The Morgan fingerprint density at radius 3 is 2.37 bits per heavy atom. The number of rotatable bonds is 4. The molecule has 2 fully saturated rings. The lowest BCUT2D eigenvalue weighted by Gasteiger charge is -2.36. The molecule has 0 radical (unpaired) electrons. The van der Waals surface area contributed by atoms with E-state index in [0.717, 1.165) is 5.56 Å². The van der Waals surface area contributed by atoms with Crippen molar-refractivity contribution < 1.29 is 27.2 Å². The Labute approximate surface area is 221 Å².